The SMILES string of the molecule is CC[C@H](C)n1cc(/C=N\NC(=O)COc2ccc(C3SCCS3)cc2)c2ccccc21. The fraction of sp³-hybridized carbons (Fsp3) is 0.333. The molecular formula is C24H27N3O2S2. The lowest BCUT2D eigenvalue weighted by Gasteiger charge is -2.12. The van der Waals surface area contributed by atoms with Crippen molar-refractivity contribution >= 4 is 46.5 Å². The van der Waals surface area contributed by atoms with Crippen LogP contribution in [0.15, 0.2) is 59.8 Å². The summed E-state index contributed by atoms with van der Waals surface area (Å²) < 4.78 is 8.37. The fourth-order valence-corrected chi connectivity index (χ4v) is 6.38. The number of amides is 1. The van der Waals surface area contributed by atoms with Crippen molar-refractivity contribution in [3.8, 4) is 5.75 Å². The van der Waals surface area contributed by atoms with E-state index in [-0.39, 0.29) is 12.5 Å². The number of carbonyl (C=O) groups is 1. The van der Waals surface area contributed by atoms with Gasteiger partial charge in [0.1, 0.15) is 5.75 Å². The van der Waals surface area contributed by atoms with Crippen molar-refractivity contribution in [2.24, 2.45) is 5.10 Å². The number of para-hydroxylation sites is 1. The van der Waals surface area contributed by atoms with Crippen molar-refractivity contribution in [1.29, 1.82) is 0 Å². The van der Waals surface area contributed by atoms with Gasteiger partial charge in [0.2, 0.25) is 0 Å². The van der Waals surface area contributed by atoms with E-state index >= 15 is 0 Å². The van der Waals surface area contributed by atoms with E-state index in [1.54, 1.807) is 6.21 Å². The Hall–Kier alpha value is -2.38. The Morgan fingerprint density at radius 3 is 2.71 bits per heavy atom. The molecule has 0 aliphatic carbocycles. The molecule has 0 bridgehead atoms. The number of fused-ring (bicyclic) bond motifs is 1. The maximum atomic E-state index is 12.1. The number of hydrogen-bond acceptors (Lipinski definition) is 5. The zero-order valence-electron chi connectivity index (χ0n) is 17.8. The Kier molecular flexibility index (Phi) is 7.25. The molecule has 1 fully saturated rings. The summed E-state index contributed by atoms with van der Waals surface area (Å²) in [7, 11) is 0. The number of aromatic nitrogens is 1. The molecule has 4 rings (SSSR count). The average molecular weight is 454 g/mol. The molecule has 0 radical (unpaired) electrons. The number of thioether (sulfide) groups is 2. The molecule has 1 atom stereocenters. The van der Waals surface area contributed by atoms with Gasteiger partial charge in [-0.15, -0.1) is 23.5 Å². The van der Waals surface area contributed by atoms with E-state index in [1.807, 2.05) is 47.8 Å². The van der Waals surface area contributed by atoms with Gasteiger partial charge in [-0.1, -0.05) is 37.3 Å². The maximum absolute atomic E-state index is 12.1. The summed E-state index contributed by atoms with van der Waals surface area (Å²) in [4.78, 5) is 12.1. The number of rotatable bonds is 8. The van der Waals surface area contributed by atoms with Crippen molar-refractivity contribution in [3.05, 3.63) is 65.9 Å². The third-order valence-corrected chi connectivity index (χ3v) is 8.48. The molecule has 0 saturated carbocycles. The minimum absolute atomic E-state index is 0.0712. The van der Waals surface area contributed by atoms with E-state index in [9.17, 15) is 4.79 Å². The highest BCUT2D eigenvalue weighted by atomic mass is 32.2. The van der Waals surface area contributed by atoms with Crippen LogP contribution in [0.25, 0.3) is 10.9 Å². The molecule has 2 heterocycles. The topological polar surface area (TPSA) is 55.6 Å². The summed E-state index contributed by atoms with van der Waals surface area (Å²) in [5.74, 6) is 2.80. The lowest BCUT2D eigenvalue weighted by molar-refractivity contribution is -0.123. The summed E-state index contributed by atoms with van der Waals surface area (Å²) in [6, 6.07) is 16.6. The quantitative estimate of drug-likeness (QED) is 0.355. The van der Waals surface area contributed by atoms with E-state index < -0.39 is 0 Å². The molecule has 0 spiro atoms. The molecule has 162 valence electrons. The highest BCUT2D eigenvalue weighted by Crippen LogP contribution is 2.45. The summed E-state index contributed by atoms with van der Waals surface area (Å²) >= 11 is 3.94. The van der Waals surface area contributed by atoms with Crippen LogP contribution >= 0.6 is 23.5 Å². The zero-order valence-corrected chi connectivity index (χ0v) is 19.4. The molecule has 31 heavy (non-hydrogen) atoms. The van der Waals surface area contributed by atoms with Crippen LogP contribution in [0.2, 0.25) is 0 Å². The van der Waals surface area contributed by atoms with Crippen LogP contribution in [-0.2, 0) is 4.79 Å². The van der Waals surface area contributed by atoms with Gasteiger partial charge in [0.05, 0.1) is 10.8 Å². The predicted octanol–water partition coefficient (Wildman–Crippen LogP) is 5.62. The molecule has 1 saturated heterocycles. The minimum atomic E-state index is -0.284. The van der Waals surface area contributed by atoms with Crippen LogP contribution in [0.4, 0.5) is 0 Å². The second-order valence-electron chi connectivity index (χ2n) is 7.49. The molecule has 1 aliphatic heterocycles. The van der Waals surface area contributed by atoms with Crippen molar-refractivity contribution < 1.29 is 9.53 Å². The van der Waals surface area contributed by atoms with Gasteiger partial charge in [-0.3, -0.25) is 4.79 Å². The van der Waals surface area contributed by atoms with Crippen molar-refractivity contribution in [1.82, 2.24) is 9.99 Å². The van der Waals surface area contributed by atoms with Gasteiger partial charge in [0.25, 0.3) is 5.91 Å². The fourth-order valence-electron chi connectivity index (χ4n) is 3.52. The molecule has 1 amide bonds. The standard InChI is InChI=1S/C24H27N3O2S2/c1-3-17(2)27-15-19(21-6-4-5-7-22(21)27)14-25-26-23(28)16-29-20-10-8-18(9-11-20)24-30-12-13-31-24/h4-11,14-15,17,24H,3,12-13,16H2,1-2H3,(H,26,28)/b25-14-/t17-/m0/s1. The summed E-state index contributed by atoms with van der Waals surface area (Å²) in [6.45, 7) is 4.30. The molecule has 3 aromatic rings. The number of nitrogens with zero attached hydrogens (tertiary/aromatic N) is 2. The smallest absolute Gasteiger partial charge is 0.277 e. The van der Waals surface area contributed by atoms with Gasteiger partial charge in [-0.2, -0.15) is 5.10 Å². The molecule has 1 aliphatic rings. The molecule has 0 unspecified atom stereocenters. The monoisotopic (exact) mass is 453 g/mol. The van der Waals surface area contributed by atoms with E-state index in [0.29, 0.717) is 16.4 Å². The van der Waals surface area contributed by atoms with E-state index in [0.717, 1.165) is 17.4 Å². The Labute approximate surface area is 191 Å². The number of carbonyl (C=O) groups excluding carboxylic acids is 1. The molecule has 7 heteroatoms. The first-order valence-corrected chi connectivity index (χ1v) is 12.6. The maximum Gasteiger partial charge on any atom is 0.277 e. The number of nitrogens with one attached hydrogen (secondary N) is 1. The number of benzene rings is 2. The Bertz CT molecular complexity index is 1060. The van der Waals surface area contributed by atoms with Crippen LogP contribution in [0.1, 0.15) is 42.0 Å². The Morgan fingerprint density at radius 1 is 1.23 bits per heavy atom. The normalized spacial score (nSPS) is 15.5. The summed E-state index contributed by atoms with van der Waals surface area (Å²) in [5, 5.41) is 5.27. The van der Waals surface area contributed by atoms with E-state index in [4.69, 9.17) is 4.74 Å². The lowest BCUT2D eigenvalue weighted by Crippen LogP contribution is -2.24. The highest BCUT2D eigenvalue weighted by Gasteiger charge is 2.18. The summed E-state index contributed by atoms with van der Waals surface area (Å²) in [5.41, 5.74) is 6.01. The van der Waals surface area contributed by atoms with Gasteiger partial charge in [0, 0.05) is 40.2 Å². The van der Waals surface area contributed by atoms with Crippen LogP contribution in [0.3, 0.4) is 0 Å². The first kappa shape index (κ1) is 21.8. The van der Waals surface area contributed by atoms with Gasteiger partial charge >= 0.3 is 0 Å². The molecule has 1 N–H and O–H groups in total. The lowest BCUT2D eigenvalue weighted by atomic mass is 10.2. The number of hydrazone groups is 1. The van der Waals surface area contributed by atoms with Crippen LogP contribution in [0.5, 0.6) is 5.75 Å². The van der Waals surface area contributed by atoms with E-state index in [2.05, 4.69) is 59.4 Å². The van der Waals surface area contributed by atoms with Crippen molar-refractivity contribution in [3.63, 3.8) is 0 Å². The largest absolute Gasteiger partial charge is 0.484 e. The molecule has 1 aromatic heterocycles. The van der Waals surface area contributed by atoms with Crippen molar-refractivity contribution in [2.45, 2.75) is 30.9 Å². The number of hydrogen-bond donors (Lipinski definition) is 1. The second kappa shape index (κ2) is 10.3. The highest BCUT2D eigenvalue weighted by molar-refractivity contribution is 8.19. The van der Waals surface area contributed by atoms with Crippen LogP contribution in [-0.4, -0.2) is 34.8 Å². The van der Waals surface area contributed by atoms with Gasteiger partial charge < -0.3 is 9.30 Å². The van der Waals surface area contributed by atoms with Gasteiger partial charge in [-0.05, 0) is 37.1 Å². The molecular weight excluding hydrogens is 426 g/mol. The first-order valence-electron chi connectivity index (χ1n) is 10.5. The first-order chi connectivity index (χ1) is 15.2. The van der Waals surface area contributed by atoms with Crippen LogP contribution < -0.4 is 10.2 Å². The van der Waals surface area contributed by atoms with Gasteiger partial charge in [-0.25, -0.2) is 5.43 Å². The van der Waals surface area contributed by atoms with E-state index in [1.165, 1.54) is 22.6 Å². The van der Waals surface area contributed by atoms with Gasteiger partial charge in [0.15, 0.2) is 6.61 Å². The minimum Gasteiger partial charge on any atom is -0.484 e. The molecule has 5 nitrogen and oxygen atoms in total. The predicted molar refractivity (Wildman–Crippen MR) is 132 cm³/mol. The Morgan fingerprint density at radius 2 is 1.97 bits per heavy atom. The third kappa shape index (κ3) is 5.28. The number of ether oxygens (including phenoxy) is 1. The Balaban J connectivity index is 1.32. The molecule has 2 aromatic carbocycles. The van der Waals surface area contributed by atoms with Crippen molar-refractivity contribution in [2.75, 3.05) is 18.1 Å². The zero-order chi connectivity index (χ0) is 21.6. The second-order valence-corrected chi connectivity index (χ2v) is 10.2. The average Bonchev–Trinajstić information content (AvgIpc) is 3.46. The van der Waals surface area contributed by atoms with Crippen LogP contribution in [0, 0.1) is 0 Å². The summed E-state index contributed by atoms with van der Waals surface area (Å²) in [6.07, 6.45) is 4.83. The third-order valence-electron chi connectivity index (χ3n) is 5.37.